The summed E-state index contributed by atoms with van der Waals surface area (Å²) >= 11 is 0. The number of aryl methyl sites for hydroxylation is 1. The van der Waals surface area contributed by atoms with Gasteiger partial charge >= 0.3 is 0 Å². The number of Topliss-reactive ketones (excluding diaryl/α,β-unsaturated/α-hetero) is 1. The molecular formula is C23H21FN2O3. The molecule has 2 aromatic carbocycles. The number of hydrogen-bond donors (Lipinski definition) is 0. The molecule has 3 fully saturated rings. The van der Waals surface area contributed by atoms with Crippen LogP contribution in [0.25, 0.3) is 0 Å². The number of amides is 2. The van der Waals surface area contributed by atoms with Crippen LogP contribution in [0.15, 0.2) is 48.5 Å². The molecule has 5 rings (SSSR count). The number of hydrogen-bond acceptors (Lipinski definition) is 4. The van der Waals surface area contributed by atoms with Crippen LogP contribution in [0, 0.1) is 24.6 Å². The third kappa shape index (κ3) is 2.66. The molecule has 3 heterocycles. The zero-order chi connectivity index (χ0) is 20.3. The van der Waals surface area contributed by atoms with Gasteiger partial charge in [0, 0.05) is 11.6 Å². The maximum Gasteiger partial charge on any atom is 0.239 e. The minimum absolute atomic E-state index is 0.0960. The van der Waals surface area contributed by atoms with E-state index in [-0.39, 0.29) is 23.6 Å². The standard InChI is InChI=1S/C23H21FN2O3/c1-13-4-10-16(11-5-13)26-22(28)18-17-3-2-12-25(17)20(19(18)23(26)29)21(27)14-6-8-15(24)9-7-14/h4-11,17-20H,2-3,12H2,1H3/t17-,18+,19+,20-/m1/s1. The van der Waals surface area contributed by atoms with Crippen LogP contribution in [-0.4, -0.2) is 41.1 Å². The molecule has 0 spiro atoms. The zero-order valence-electron chi connectivity index (χ0n) is 16.0. The van der Waals surface area contributed by atoms with E-state index >= 15 is 0 Å². The summed E-state index contributed by atoms with van der Waals surface area (Å²) in [6.07, 6.45) is 1.70. The molecule has 29 heavy (non-hydrogen) atoms. The molecule has 6 heteroatoms. The summed E-state index contributed by atoms with van der Waals surface area (Å²) in [5.74, 6) is -2.33. The van der Waals surface area contributed by atoms with Crippen molar-refractivity contribution in [1.82, 2.24) is 4.90 Å². The largest absolute Gasteiger partial charge is 0.292 e. The van der Waals surface area contributed by atoms with Crippen molar-refractivity contribution in [3.63, 3.8) is 0 Å². The summed E-state index contributed by atoms with van der Waals surface area (Å²) in [6, 6.07) is 11.9. The SMILES string of the molecule is Cc1ccc(N2C(=O)[C@@H]3[C@H](C2=O)[C@H](C(=O)c2ccc(F)cc2)N2CCC[C@H]32)cc1. The highest BCUT2D eigenvalue weighted by Crippen LogP contribution is 2.48. The fourth-order valence-corrected chi connectivity index (χ4v) is 5.25. The van der Waals surface area contributed by atoms with Gasteiger partial charge in [-0.15, -0.1) is 0 Å². The molecule has 4 atom stereocenters. The first-order valence-electron chi connectivity index (χ1n) is 9.97. The third-order valence-corrected chi connectivity index (χ3v) is 6.54. The average molecular weight is 392 g/mol. The number of nitrogens with zero attached hydrogens (tertiary/aromatic N) is 2. The van der Waals surface area contributed by atoms with Gasteiger partial charge in [0.15, 0.2) is 5.78 Å². The fraction of sp³-hybridized carbons (Fsp3) is 0.348. The molecule has 148 valence electrons. The van der Waals surface area contributed by atoms with Gasteiger partial charge in [-0.3, -0.25) is 19.3 Å². The summed E-state index contributed by atoms with van der Waals surface area (Å²) in [6.45, 7) is 2.64. The Hall–Kier alpha value is -2.86. The van der Waals surface area contributed by atoms with Gasteiger partial charge in [-0.2, -0.15) is 0 Å². The van der Waals surface area contributed by atoms with Gasteiger partial charge in [0.1, 0.15) is 5.82 Å². The van der Waals surface area contributed by atoms with Gasteiger partial charge in [-0.1, -0.05) is 17.7 Å². The normalized spacial score (nSPS) is 28.7. The second-order valence-corrected chi connectivity index (χ2v) is 8.16. The van der Waals surface area contributed by atoms with Crippen molar-refractivity contribution in [2.45, 2.75) is 31.8 Å². The van der Waals surface area contributed by atoms with E-state index in [9.17, 15) is 18.8 Å². The number of anilines is 1. The highest BCUT2D eigenvalue weighted by atomic mass is 19.1. The number of fused-ring (bicyclic) bond motifs is 3. The Morgan fingerprint density at radius 2 is 1.62 bits per heavy atom. The lowest BCUT2D eigenvalue weighted by atomic mass is 9.85. The second kappa shape index (κ2) is 6.59. The van der Waals surface area contributed by atoms with Crippen molar-refractivity contribution in [3.05, 3.63) is 65.5 Å². The number of halogens is 1. The molecule has 0 radical (unpaired) electrons. The van der Waals surface area contributed by atoms with E-state index in [2.05, 4.69) is 0 Å². The van der Waals surface area contributed by atoms with E-state index in [1.807, 2.05) is 24.0 Å². The van der Waals surface area contributed by atoms with E-state index in [4.69, 9.17) is 0 Å². The number of ketones is 1. The zero-order valence-corrected chi connectivity index (χ0v) is 16.0. The predicted molar refractivity (Wildman–Crippen MR) is 105 cm³/mol. The Bertz CT molecular complexity index is 1000. The minimum atomic E-state index is -0.688. The molecule has 0 bridgehead atoms. The summed E-state index contributed by atoms with van der Waals surface area (Å²) < 4.78 is 13.3. The molecule has 3 saturated heterocycles. The Balaban J connectivity index is 1.54. The molecule has 0 N–H and O–H groups in total. The first kappa shape index (κ1) is 18.2. The quantitative estimate of drug-likeness (QED) is 0.595. The van der Waals surface area contributed by atoms with Crippen molar-refractivity contribution in [3.8, 4) is 0 Å². The Labute approximate surface area is 168 Å². The topological polar surface area (TPSA) is 57.7 Å². The molecular weight excluding hydrogens is 371 g/mol. The summed E-state index contributed by atoms with van der Waals surface area (Å²) in [5.41, 5.74) is 1.97. The number of rotatable bonds is 3. The van der Waals surface area contributed by atoms with Crippen LogP contribution in [-0.2, 0) is 9.59 Å². The van der Waals surface area contributed by atoms with Crippen LogP contribution in [0.2, 0.25) is 0 Å². The molecule has 0 aromatic heterocycles. The lowest BCUT2D eigenvalue weighted by Crippen LogP contribution is -2.46. The molecule has 0 aliphatic carbocycles. The van der Waals surface area contributed by atoms with Crippen LogP contribution < -0.4 is 4.90 Å². The minimum Gasteiger partial charge on any atom is -0.292 e. The van der Waals surface area contributed by atoms with Crippen molar-refractivity contribution < 1.29 is 18.8 Å². The summed E-state index contributed by atoms with van der Waals surface area (Å²) in [7, 11) is 0. The van der Waals surface area contributed by atoms with Crippen molar-refractivity contribution in [1.29, 1.82) is 0 Å². The van der Waals surface area contributed by atoms with E-state index in [1.54, 1.807) is 12.1 Å². The number of carbonyl (C=O) groups excluding carboxylic acids is 3. The molecule has 0 unspecified atom stereocenters. The number of benzene rings is 2. The smallest absolute Gasteiger partial charge is 0.239 e. The van der Waals surface area contributed by atoms with Crippen molar-refractivity contribution in [2.24, 2.45) is 11.8 Å². The van der Waals surface area contributed by atoms with Gasteiger partial charge in [0.2, 0.25) is 11.8 Å². The lowest BCUT2D eigenvalue weighted by Gasteiger charge is -2.27. The van der Waals surface area contributed by atoms with Gasteiger partial charge in [-0.25, -0.2) is 9.29 Å². The molecule has 2 amide bonds. The molecule has 3 aliphatic rings. The van der Waals surface area contributed by atoms with Crippen LogP contribution in [0.4, 0.5) is 10.1 Å². The molecule has 5 nitrogen and oxygen atoms in total. The van der Waals surface area contributed by atoms with Gasteiger partial charge in [0.25, 0.3) is 0 Å². The average Bonchev–Trinajstić information content (AvgIpc) is 3.35. The van der Waals surface area contributed by atoms with Crippen LogP contribution in [0.1, 0.15) is 28.8 Å². The molecule has 3 aliphatic heterocycles. The summed E-state index contributed by atoms with van der Waals surface area (Å²) in [4.78, 5) is 43.3. The van der Waals surface area contributed by atoms with E-state index in [0.29, 0.717) is 17.8 Å². The van der Waals surface area contributed by atoms with Gasteiger partial charge < -0.3 is 0 Å². The van der Waals surface area contributed by atoms with Crippen LogP contribution in [0.3, 0.4) is 0 Å². The Morgan fingerprint density at radius 1 is 0.966 bits per heavy atom. The Morgan fingerprint density at radius 3 is 2.31 bits per heavy atom. The maximum atomic E-state index is 13.4. The van der Waals surface area contributed by atoms with Crippen LogP contribution in [0.5, 0.6) is 0 Å². The van der Waals surface area contributed by atoms with E-state index in [0.717, 1.165) is 18.4 Å². The molecule has 0 saturated carbocycles. The molecule has 2 aromatic rings. The third-order valence-electron chi connectivity index (χ3n) is 6.54. The van der Waals surface area contributed by atoms with Gasteiger partial charge in [-0.05, 0) is 62.7 Å². The van der Waals surface area contributed by atoms with Crippen molar-refractivity contribution >= 4 is 23.3 Å². The van der Waals surface area contributed by atoms with E-state index < -0.39 is 23.7 Å². The maximum absolute atomic E-state index is 13.4. The monoisotopic (exact) mass is 392 g/mol. The van der Waals surface area contributed by atoms with Crippen molar-refractivity contribution in [2.75, 3.05) is 11.4 Å². The predicted octanol–water partition coefficient (Wildman–Crippen LogP) is 2.97. The first-order chi connectivity index (χ1) is 14.0. The Kier molecular flexibility index (Phi) is 4.13. The second-order valence-electron chi connectivity index (χ2n) is 8.16. The first-order valence-corrected chi connectivity index (χ1v) is 9.97. The van der Waals surface area contributed by atoms with E-state index in [1.165, 1.54) is 29.2 Å². The highest BCUT2D eigenvalue weighted by Gasteiger charge is 2.64. The summed E-state index contributed by atoms with van der Waals surface area (Å²) in [5, 5.41) is 0. The fourth-order valence-electron chi connectivity index (χ4n) is 5.25. The van der Waals surface area contributed by atoms with Gasteiger partial charge in [0.05, 0.1) is 23.6 Å². The highest BCUT2D eigenvalue weighted by molar-refractivity contribution is 6.24. The lowest BCUT2D eigenvalue weighted by molar-refractivity contribution is -0.123. The van der Waals surface area contributed by atoms with Crippen LogP contribution >= 0.6 is 0 Å². The number of imide groups is 1. The number of carbonyl (C=O) groups is 3.